The number of nitro groups is 1. The first-order chi connectivity index (χ1) is 9.60. The minimum atomic E-state index is -0.447. The van der Waals surface area contributed by atoms with E-state index in [1.165, 1.54) is 12.1 Å². The maximum Gasteiger partial charge on any atom is 0.269 e. The molecule has 102 valence electrons. The van der Waals surface area contributed by atoms with E-state index in [1.54, 1.807) is 24.4 Å². The van der Waals surface area contributed by atoms with Crippen molar-refractivity contribution in [2.45, 2.75) is 13.3 Å². The van der Waals surface area contributed by atoms with Gasteiger partial charge in [-0.25, -0.2) is 0 Å². The lowest BCUT2D eigenvalue weighted by Gasteiger charge is -2.01. The second-order valence-corrected chi connectivity index (χ2v) is 4.28. The van der Waals surface area contributed by atoms with Crippen LogP contribution in [0.5, 0.6) is 5.75 Å². The second kappa shape index (κ2) is 5.97. The highest BCUT2D eigenvalue weighted by Crippen LogP contribution is 2.27. The van der Waals surface area contributed by atoms with Crippen LogP contribution in [0.4, 0.5) is 11.4 Å². The molecule has 0 heterocycles. The number of aliphatic imine (C=N–C) groups is 1. The minimum Gasteiger partial charge on any atom is -0.506 e. The average molecular weight is 270 g/mol. The van der Waals surface area contributed by atoms with Gasteiger partial charge in [-0.2, -0.15) is 0 Å². The highest BCUT2D eigenvalue weighted by atomic mass is 16.6. The largest absolute Gasteiger partial charge is 0.506 e. The Hall–Kier alpha value is -2.69. The lowest BCUT2D eigenvalue weighted by molar-refractivity contribution is -0.384. The summed E-state index contributed by atoms with van der Waals surface area (Å²) in [4.78, 5) is 14.3. The van der Waals surface area contributed by atoms with Crippen LogP contribution < -0.4 is 0 Å². The molecule has 2 aromatic rings. The zero-order chi connectivity index (χ0) is 14.5. The molecule has 0 amide bonds. The van der Waals surface area contributed by atoms with Crippen LogP contribution in [0.1, 0.15) is 18.1 Å². The summed E-state index contributed by atoms with van der Waals surface area (Å²) in [7, 11) is 0. The highest BCUT2D eigenvalue weighted by Gasteiger charge is 2.03. The Morgan fingerprint density at radius 2 is 1.95 bits per heavy atom. The molecule has 2 rings (SSSR count). The van der Waals surface area contributed by atoms with Crippen molar-refractivity contribution >= 4 is 17.6 Å². The molecule has 5 nitrogen and oxygen atoms in total. The summed E-state index contributed by atoms with van der Waals surface area (Å²) in [6.07, 6.45) is 2.43. The number of phenols is 1. The smallest absolute Gasteiger partial charge is 0.269 e. The van der Waals surface area contributed by atoms with E-state index in [0.29, 0.717) is 5.69 Å². The highest BCUT2D eigenvalue weighted by molar-refractivity contribution is 5.83. The number of aromatic hydroxyl groups is 1. The van der Waals surface area contributed by atoms with Crippen LogP contribution in [0.3, 0.4) is 0 Å². The molecule has 0 radical (unpaired) electrons. The first kappa shape index (κ1) is 13.7. The van der Waals surface area contributed by atoms with Crippen molar-refractivity contribution in [2.24, 2.45) is 4.99 Å². The standard InChI is InChI=1S/C15H14N2O3/c1-2-11-5-8-15(18)14(9-11)16-10-12-3-6-13(7-4-12)17(19)20/h3-10,18H,2H2,1H3. The van der Waals surface area contributed by atoms with Gasteiger partial charge in [0.1, 0.15) is 11.4 Å². The third-order valence-corrected chi connectivity index (χ3v) is 2.90. The molecule has 20 heavy (non-hydrogen) atoms. The number of nitrogens with zero attached hydrogens (tertiary/aromatic N) is 2. The number of phenolic OH excluding ortho intramolecular Hbond substituents is 1. The summed E-state index contributed by atoms with van der Waals surface area (Å²) in [6, 6.07) is 11.3. The van der Waals surface area contributed by atoms with E-state index in [-0.39, 0.29) is 11.4 Å². The molecule has 0 saturated carbocycles. The molecule has 0 atom stereocenters. The Morgan fingerprint density at radius 3 is 2.55 bits per heavy atom. The monoisotopic (exact) mass is 270 g/mol. The predicted octanol–water partition coefficient (Wildman–Crippen LogP) is 3.61. The van der Waals surface area contributed by atoms with Gasteiger partial charge in [-0.05, 0) is 41.8 Å². The summed E-state index contributed by atoms with van der Waals surface area (Å²) < 4.78 is 0. The topological polar surface area (TPSA) is 75.7 Å². The number of benzene rings is 2. The van der Waals surface area contributed by atoms with Crippen molar-refractivity contribution < 1.29 is 10.0 Å². The van der Waals surface area contributed by atoms with Gasteiger partial charge in [0.05, 0.1) is 4.92 Å². The van der Waals surface area contributed by atoms with Gasteiger partial charge in [0, 0.05) is 18.3 Å². The molecule has 1 N–H and O–H groups in total. The lowest BCUT2D eigenvalue weighted by Crippen LogP contribution is -1.88. The Bertz CT molecular complexity index is 649. The molecule has 0 bridgehead atoms. The summed E-state index contributed by atoms with van der Waals surface area (Å²) in [5.41, 5.74) is 2.34. The van der Waals surface area contributed by atoms with E-state index in [9.17, 15) is 15.2 Å². The van der Waals surface area contributed by atoms with Gasteiger partial charge in [-0.1, -0.05) is 13.0 Å². The summed E-state index contributed by atoms with van der Waals surface area (Å²) in [5, 5.41) is 20.3. The van der Waals surface area contributed by atoms with Gasteiger partial charge in [0.2, 0.25) is 0 Å². The lowest BCUT2D eigenvalue weighted by atomic mass is 10.1. The van der Waals surface area contributed by atoms with Crippen molar-refractivity contribution in [3.63, 3.8) is 0 Å². The molecule has 0 unspecified atom stereocenters. The maximum absolute atomic E-state index is 10.5. The number of hydrogen-bond donors (Lipinski definition) is 1. The van der Waals surface area contributed by atoms with Gasteiger partial charge in [-0.3, -0.25) is 15.1 Å². The van der Waals surface area contributed by atoms with E-state index in [2.05, 4.69) is 4.99 Å². The van der Waals surface area contributed by atoms with Gasteiger partial charge in [0.25, 0.3) is 5.69 Å². The SMILES string of the molecule is CCc1ccc(O)c(N=Cc2ccc([N+](=O)[O-])cc2)c1. The molecular weight excluding hydrogens is 256 g/mol. The molecular formula is C15H14N2O3. The Kier molecular flexibility index (Phi) is 4.10. The normalized spacial score (nSPS) is 10.8. The number of nitro benzene ring substituents is 1. The van der Waals surface area contributed by atoms with Crippen LogP contribution in [0.15, 0.2) is 47.5 Å². The zero-order valence-corrected chi connectivity index (χ0v) is 11.0. The molecule has 2 aromatic carbocycles. The van der Waals surface area contributed by atoms with Crippen LogP contribution >= 0.6 is 0 Å². The zero-order valence-electron chi connectivity index (χ0n) is 11.0. The van der Waals surface area contributed by atoms with Crippen molar-refractivity contribution in [1.29, 1.82) is 0 Å². The number of aryl methyl sites for hydroxylation is 1. The Balaban J connectivity index is 2.22. The molecule has 0 saturated heterocycles. The van der Waals surface area contributed by atoms with Gasteiger partial charge < -0.3 is 5.11 Å². The van der Waals surface area contributed by atoms with E-state index in [4.69, 9.17) is 0 Å². The molecule has 0 spiro atoms. The summed E-state index contributed by atoms with van der Waals surface area (Å²) >= 11 is 0. The van der Waals surface area contributed by atoms with Crippen LogP contribution in [0, 0.1) is 10.1 Å². The van der Waals surface area contributed by atoms with E-state index < -0.39 is 4.92 Å². The predicted molar refractivity (Wildman–Crippen MR) is 77.8 cm³/mol. The number of rotatable bonds is 4. The molecule has 5 heteroatoms. The summed E-state index contributed by atoms with van der Waals surface area (Å²) in [5.74, 6) is 0.111. The van der Waals surface area contributed by atoms with Gasteiger partial charge >= 0.3 is 0 Å². The second-order valence-electron chi connectivity index (χ2n) is 4.28. The first-order valence-electron chi connectivity index (χ1n) is 6.20. The van der Waals surface area contributed by atoms with E-state index >= 15 is 0 Å². The fraction of sp³-hybridized carbons (Fsp3) is 0.133. The summed E-state index contributed by atoms with van der Waals surface area (Å²) in [6.45, 7) is 2.02. The first-order valence-corrected chi connectivity index (χ1v) is 6.20. The average Bonchev–Trinajstić information content (AvgIpc) is 2.47. The Labute approximate surface area is 116 Å². The van der Waals surface area contributed by atoms with Crippen molar-refractivity contribution in [3.8, 4) is 5.75 Å². The van der Waals surface area contributed by atoms with Crippen molar-refractivity contribution in [2.75, 3.05) is 0 Å². The molecule has 0 aromatic heterocycles. The van der Waals surface area contributed by atoms with Gasteiger partial charge in [0.15, 0.2) is 0 Å². The fourth-order valence-corrected chi connectivity index (χ4v) is 1.72. The van der Waals surface area contributed by atoms with Crippen molar-refractivity contribution in [1.82, 2.24) is 0 Å². The van der Waals surface area contributed by atoms with Crippen LogP contribution in [-0.4, -0.2) is 16.2 Å². The third kappa shape index (κ3) is 3.20. The third-order valence-electron chi connectivity index (χ3n) is 2.90. The number of non-ortho nitro benzene ring substituents is 1. The molecule has 0 aliphatic rings. The minimum absolute atomic E-state index is 0.0398. The molecule has 0 aliphatic carbocycles. The Morgan fingerprint density at radius 1 is 1.25 bits per heavy atom. The fourth-order valence-electron chi connectivity index (χ4n) is 1.72. The van der Waals surface area contributed by atoms with Crippen molar-refractivity contribution in [3.05, 3.63) is 63.7 Å². The molecule has 0 aliphatic heterocycles. The van der Waals surface area contributed by atoms with Gasteiger partial charge in [-0.15, -0.1) is 0 Å². The quantitative estimate of drug-likeness (QED) is 0.523. The number of hydrogen-bond acceptors (Lipinski definition) is 4. The van der Waals surface area contributed by atoms with Crippen LogP contribution in [0.2, 0.25) is 0 Å². The van der Waals surface area contributed by atoms with E-state index in [0.717, 1.165) is 17.5 Å². The van der Waals surface area contributed by atoms with Crippen LogP contribution in [-0.2, 0) is 6.42 Å². The van der Waals surface area contributed by atoms with E-state index in [1.807, 2.05) is 19.1 Å². The maximum atomic E-state index is 10.5. The van der Waals surface area contributed by atoms with Crippen LogP contribution in [0.25, 0.3) is 0 Å². The molecule has 0 fully saturated rings.